The van der Waals surface area contributed by atoms with Gasteiger partial charge in [-0.2, -0.15) is 0 Å². The summed E-state index contributed by atoms with van der Waals surface area (Å²) >= 11 is 0. The summed E-state index contributed by atoms with van der Waals surface area (Å²) < 4.78 is 17.1. The number of hydrogen-bond acceptors (Lipinski definition) is 3. The summed E-state index contributed by atoms with van der Waals surface area (Å²) in [7, 11) is 1.66. The van der Waals surface area contributed by atoms with Crippen LogP contribution in [0.5, 0.6) is 17.2 Å². The van der Waals surface area contributed by atoms with Crippen molar-refractivity contribution in [2.75, 3.05) is 20.3 Å². The molecule has 0 aliphatic carbocycles. The highest BCUT2D eigenvalue weighted by Gasteiger charge is 2.05. The molecule has 0 amide bonds. The third-order valence-corrected chi connectivity index (χ3v) is 4.14. The zero-order chi connectivity index (χ0) is 18.2. The van der Waals surface area contributed by atoms with Gasteiger partial charge in [0.1, 0.15) is 5.75 Å². The van der Waals surface area contributed by atoms with Crippen molar-refractivity contribution in [1.82, 2.24) is 0 Å². The summed E-state index contributed by atoms with van der Waals surface area (Å²) in [6.07, 6.45) is 3.49. The molecule has 0 saturated carbocycles. The van der Waals surface area contributed by atoms with E-state index in [9.17, 15) is 0 Å². The molecule has 0 aliphatic heterocycles. The van der Waals surface area contributed by atoms with Crippen LogP contribution < -0.4 is 14.2 Å². The molecule has 0 aromatic heterocycles. The zero-order valence-electron chi connectivity index (χ0n) is 15.1. The highest BCUT2D eigenvalue weighted by atomic mass is 16.5. The fourth-order valence-corrected chi connectivity index (χ4v) is 2.81. The maximum absolute atomic E-state index is 5.84. The van der Waals surface area contributed by atoms with Crippen molar-refractivity contribution in [2.45, 2.75) is 12.8 Å². The van der Waals surface area contributed by atoms with Gasteiger partial charge in [0.15, 0.2) is 11.5 Å². The van der Waals surface area contributed by atoms with Crippen molar-refractivity contribution >= 4 is 10.8 Å². The van der Waals surface area contributed by atoms with Gasteiger partial charge in [-0.3, -0.25) is 0 Å². The Labute approximate surface area is 154 Å². The summed E-state index contributed by atoms with van der Waals surface area (Å²) in [4.78, 5) is 0. The normalized spacial score (nSPS) is 10.5. The summed E-state index contributed by atoms with van der Waals surface area (Å²) in [6.45, 7) is 4.94. The van der Waals surface area contributed by atoms with Gasteiger partial charge >= 0.3 is 0 Å². The van der Waals surface area contributed by atoms with Gasteiger partial charge in [-0.15, -0.1) is 6.58 Å². The fraction of sp³-hybridized carbons (Fsp3) is 0.217. The molecular formula is C23H24O3. The molecule has 0 radical (unpaired) electrons. The van der Waals surface area contributed by atoms with Gasteiger partial charge in [-0.1, -0.05) is 42.5 Å². The van der Waals surface area contributed by atoms with E-state index in [1.807, 2.05) is 42.5 Å². The van der Waals surface area contributed by atoms with Crippen LogP contribution in [0.2, 0.25) is 0 Å². The minimum absolute atomic E-state index is 0.574. The predicted molar refractivity (Wildman–Crippen MR) is 106 cm³/mol. The Morgan fingerprint density at radius 3 is 2.46 bits per heavy atom. The van der Waals surface area contributed by atoms with Crippen LogP contribution in [0.25, 0.3) is 10.8 Å². The molecule has 0 heterocycles. The van der Waals surface area contributed by atoms with E-state index in [1.165, 1.54) is 10.8 Å². The van der Waals surface area contributed by atoms with E-state index in [1.54, 1.807) is 7.11 Å². The average Bonchev–Trinajstić information content (AvgIpc) is 2.68. The molecule has 3 heteroatoms. The van der Waals surface area contributed by atoms with E-state index in [2.05, 4.69) is 30.8 Å². The van der Waals surface area contributed by atoms with E-state index in [-0.39, 0.29) is 0 Å². The number of ether oxygens (including phenoxy) is 3. The Bertz CT molecular complexity index is 870. The van der Waals surface area contributed by atoms with Crippen LogP contribution in [0.1, 0.15) is 12.0 Å². The molecule has 0 saturated heterocycles. The standard InChI is InChI=1S/C23H24O3/c1-3-7-18-10-13-22(23(16-18)24-2)26-15-6-14-25-21-12-11-19-8-4-5-9-20(19)17-21/h3-5,8-13,16-17H,1,6-7,14-15H2,2H3. The van der Waals surface area contributed by atoms with Crippen LogP contribution in [0.15, 0.2) is 73.3 Å². The molecule has 0 aliphatic rings. The highest BCUT2D eigenvalue weighted by molar-refractivity contribution is 5.83. The summed E-state index contributed by atoms with van der Waals surface area (Å²) in [5.74, 6) is 2.39. The Morgan fingerprint density at radius 1 is 0.846 bits per heavy atom. The topological polar surface area (TPSA) is 27.7 Å². The van der Waals surface area contributed by atoms with Crippen LogP contribution in [0.3, 0.4) is 0 Å². The second-order valence-electron chi connectivity index (χ2n) is 6.04. The molecule has 0 unspecified atom stereocenters. The van der Waals surface area contributed by atoms with Gasteiger partial charge in [0.2, 0.25) is 0 Å². The molecule has 3 aromatic rings. The average molecular weight is 348 g/mol. The molecule has 0 N–H and O–H groups in total. The van der Waals surface area contributed by atoms with E-state index in [0.717, 1.165) is 35.7 Å². The lowest BCUT2D eigenvalue weighted by Gasteiger charge is -2.12. The molecule has 0 bridgehead atoms. The lowest BCUT2D eigenvalue weighted by molar-refractivity contribution is 0.240. The van der Waals surface area contributed by atoms with Crippen LogP contribution in [0, 0.1) is 0 Å². The van der Waals surface area contributed by atoms with Gasteiger partial charge < -0.3 is 14.2 Å². The van der Waals surface area contributed by atoms with Gasteiger partial charge in [0.25, 0.3) is 0 Å². The summed E-state index contributed by atoms with van der Waals surface area (Å²) in [6, 6.07) is 20.4. The maximum atomic E-state index is 5.84. The summed E-state index contributed by atoms with van der Waals surface area (Å²) in [5, 5.41) is 2.40. The van der Waals surface area contributed by atoms with Crippen molar-refractivity contribution in [1.29, 1.82) is 0 Å². The number of rotatable bonds is 9. The number of fused-ring (bicyclic) bond motifs is 1. The van der Waals surface area contributed by atoms with Crippen molar-refractivity contribution in [3.05, 3.63) is 78.9 Å². The molecule has 26 heavy (non-hydrogen) atoms. The van der Waals surface area contributed by atoms with Gasteiger partial charge in [0.05, 0.1) is 20.3 Å². The zero-order valence-corrected chi connectivity index (χ0v) is 15.1. The largest absolute Gasteiger partial charge is 0.493 e. The lowest BCUT2D eigenvalue weighted by Crippen LogP contribution is -2.05. The number of allylic oxidation sites excluding steroid dienone is 1. The van der Waals surface area contributed by atoms with Crippen molar-refractivity contribution < 1.29 is 14.2 Å². The monoisotopic (exact) mass is 348 g/mol. The van der Waals surface area contributed by atoms with E-state index in [0.29, 0.717) is 13.2 Å². The smallest absolute Gasteiger partial charge is 0.161 e. The summed E-state index contributed by atoms with van der Waals surface area (Å²) in [5.41, 5.74) is 1.16. The van der Waals surface area contributed by atoms with E-state index >= 15 is 0 Å². The van der Waals surface area contributed by atoms with Crippen LogP contribution in [-0.2, 0) is 6.42 Å². The first kappa shape index (κ1) is 17.9. The molecule has 3 rings (SSSR count). The predicted octanol–water partition coefficient (Wildman–Crippen LogP) is 5.42. The molecule has 0 fully saturated rings. The Morgan fingerprint density at radius 2 is 1.65 bits per heavy atom. The molecule has 3 aromatic carbocycles. The number of hydrogen-bond donors (Lipinski definition) is 0. The van der Waals surface area contributed by atoms with Crippen LogP contribution in [-0.4, -0.2) is 20.3 Å². The second-order valence-corrected chi connectivity index (χ2v) is 6.04. The van der Waals surface area contributed by atoms with Crippen molar-refractivity contribution in [3.8, 4) is 17.2 Å². The number of benzene rings is 3. The van der Waals surface area contributed by atoms with Crippen molar-refractivity contribution in [2.24, 2.45) is 0 Å². The number of methoxy groups -OCH3 is 1. The first-order valence-corrected chi connectivity index (χ1v) is 8.82. The fourth-order valence-electron chi connectivity index (χ4n) is 2.81. The third-order valence-electron chi connectivity index (χ3n) is 4.14. The second kappa shape index (κ2) is 8.95. The lowest BCUT2D eigenvalue weighted by atomic mass is 10.1. The molecule has 3 nitrogen and oxygen atoms in total. The quantitative estimate of drug-likeness (QED) is 0.381. The van der Waals surface area contributed by atoms with Gasteiger partial charge in [-0.05, 0) is 47.0 Å². The molecule has 134 valence electrons. The van der Waals surface area contributed by atoms with Crippen molar-refractivity contribution in [3.63, 3.8) is 0 Å². The molecule has 0 atom stereocenters. The van der Waals surface area contributed by atoms with E-state index < -0.39 is 0 Å². The van der Waals surface area contributed by atoms with E-state index in [4.69, 9.17) is 14.2 Å². The van der Waals surface area contributed by atoms with Gasteiger partial charge in [-0.25, -0.2) is 0 Å². The van der Waals surface area contributed by atoms with Crippen LogP contribution >= 0.6 is 0 Å². The Hall–Kier alpha value is -2.94. The highest BCUT2D eigenvalue weighted by Crippen LogP contribution is 2.28. The first-order valence-electron chi connectivity index (χ1n) is 8.82. The third kappa shape index (κ3) is 4.57. The molecular weight excluding hydrogens is 324 g/mol. The minimum Gasteiger partial charge on any atom is -0.493 e. The van der Waals surface area contributed by atoms with Gasteiger partial charge in [0, 0.05) is 6.42 Å². The first-order chi connectivity index (χ1) is 12.8. The molecule has 0 spiro atoms. The van der Waals surface area contributed by atoms with Crippen LogP contribution in [0.4, 0.5) is 0 Å². The Balaban J connectivity index is 1.48. The Kier molecular flexibility index (Phi) is 6.15. The minimum atomic E-state index is 0.574. The maximum Gasteiger partial charge on any atom is 0.161 e. The SMILES string of the molecule is C=CCc1ccc(OCCCOc2ccc3ccccc3c2)c(OC)c1.